The molecule has 0 atom stereocenters. The van der Waals surface area contributed by atoms with Crippen molar-refractivity contribution in [3.8, 4) is 5.75 Å². The number of rotatable bonds is 2. The van der Waals surface area contributed by atoms with Crippen LogP contribution < -0.4 is 9.64 Å². The third kappa shape index (κ3) is 1.93. The van der Waals surface area contributed by atoms with Crippen LogP contribution in [0.5, 0.6) is 5.75 Å². The van der Waals surface area contributed by atoms with E-state index in [2.05, 4.69) is 42.2 Å². The van der Waals surface area contributed by atoms with Gasteiger partial charge in [-0.15, -0.1) is 0 Å². The molecule has 0 radical (unpaired) electrons. The lowest BCUT2D eigenvalue weighted by Gasteiger charge is -2.21. The lowest BCUT2D eigenvalue weighted by Crippen LogP contribution is -2.13. The Morgan fingerprint density at radius 2 is 1.82 bits per heavy atom. The van der Waals surface area contributed by atoms with Crippen LogP contribution in [0.25, 0.3) is 10.9 Å². The summed E-state index contributed by atoms with van der Waals surface area (Å²) in [5.41, 5.74) is 6.10. The molecule has 110 valence electrons. The zero-order chi connectivity index (χ0) is 15.1. The predicted octanol–water partition coefficient (Wildman–Crippen LogP) is 4.25. The van der Waals surface area contributed by atoms with Crippen molar-refractivity contribution < 1.29 is 4.74 Å². The number of nitrogens with zero attached hydrogens (tertiary/aromatic N) is 2. The Morgan fingerprint density at radius 3 is 2.59 bits per heavy atom. The van der Waals surface area contributed by atoms with Crippen LogP contribution in [-0.4, -0.2) is 18.6 Å². The highest BCUT2D eigenvalue weighted by Gasteiger charge is 2.25. The molecular formula is C19H18N2O. The molecule has 1 aromatic heterocycles. The molecule has 1 aliphatic rings. The van der Waals surface area contributed by atoms with E-state index in [0.29, 0.717) is 0 Å². The normalized spacial score (nSPS) is 13.5. The van der Waals surface area contributed by atoms with Gasteiger partial charge in [-0.25, -0.2) is 0 Å². The zero-order valence-corrected chi connectivity index (χ0v) is 12.8. The predicted molar refractivity (Wildman–Crippen MR) is 90.2 cm³/mol. The molecule has 1 aliphatic heterocycles. The minimum atomic E-state index is 0.888. The summed E-state index contributed by atoms with van der Waals surface area (Å²) in [5, 5.41) is 1.23. The fourth-order valence-electron chi connectivity index (χ4n) is 3.32. The second kappa shape index (κ2) is 5.02. The second-order valence-electron chi connectivity index (χ2n) is 5.64. The van der Waals surface area contributed by atoms with Crippen molar-refractivity contribution in [3.63, 3.8) is 0 Å². The molecule has 0 fully saturated rings. The highest BCUT2D eigenvalue weighted by atomic mass is 16.5. The summed E-state index contributed by atoms with van der Waals surface area (Å²) in [6, 6.07) is 16.7. The van der Waals surface area contributed by atoms with Crippen LogP contribution in [0.4, 0.5) is 11.4 Å². The average Bonchev–Trinajstić information content (AvgIpc) is 3.01. The van der Waals surface area contributed by atoms with Crippen molar-refractivity contribution >= 4 is 22.3 Å². The van der Waals surface area contributed by atoms with Crippen LogP contribution in [-0.2, 0) is 6.42 Å². The number of anilines is 2. The van der Waals surface area contributed by atoms with Crippen LogP contribution in [0.3, 0.4) is 0 Å². The van der Waals surface area contributed by atoms with Crippen LogP contribution in [0, 0.1) is 6.92 Å². The third-order valence-corrected chi connectivity index (χ3v) is 4.41. The first-order chi connectivity index (χ1) is 10.8. The van der Waals surface area contributed by atoms with E-state index in [1.54, 1.807) is 7.11 Å². The number of methoxy groups -OCH3 is 1. The van der Waals surface area contributed by atoms with E-state index in [0.717, 1.165) is 29.9 Å². The van der Waals surface area contributed by atoms with E-state index >= 15 is 0 Å². The molecule has 2 heterocycles. The molecule has 3 nitrogen and oxygen atoms in total. The highest BCUT2D eigenvalue weighted by molar-refractivity contribution is 5.97. The van der Waals surface area contributed by atoms with Gasteiger partial charge in [0.2, 0.25) is 0 Å². The first kappa shape index (κ1) is 13.1. The van der Waals surface area contributed by atoms with E-state index < -0.39 is 0 Å². The molecule has 3 aromatic rings. The van der Waals surface area contributed by atoms with E-state index in [4.69, 9.17) is 9.72 Å². The third-order valence-electron chi connectivity index (χ3n) is 4.41. The lowest BCUT2D eigenvalue weighted by molar-refractivity contribution is 0.415. The minimum Gasteiger partial charge on any atom is -0.497 e. The molecule has 0 spiro atoms. The number of benzene rings is 2. The maximum atomic E-state index is 5.26. The Bertz CT molecular complexity index is 840. The number of aryl methyl sites for hydroxylation is 1. The number of aromatic nitrogens is 1. The highest BCUT2D eigenvalue weighted by Crippen LogP contribution is 2.41. The summed E-state index contributed by atoms with van der Waals surface area (Å²) in [4.78, 5) is 7.15. The molecule has 22 heavy (non-hydrogen) atoms. The molecular weight excluding hydrogens is 272 g/mol. The van der Waals surface area contributed by atoms with Crippen molar-refractivity contribution in [1.29, 1.82) is 0 Å². The Morgan fingerprint density at radius 1 is 1.05 bits per heavy atom. The Kier molecular flexibility index (Phi) is 3.00. The van der Waals surface area contributed by atoms with E-state index in [9.17, 15) is 0 Å². The van der Waals surface area contributed by atoms with Gasteiger partial charge in [-0.3, -0.25) is 4.98 Å². The topological polar surface area (TPSA) is 25.4 Å². The SMILES string of the molecule is COc1ccc(N2CCc3c(C)nc4ccccc4c32)cc1. The number of hydrogen-bond donors (Lipinski definition) is 0. The number of para-hydroxylation sites is 1. The van der Waals surface area contributed by atoms with Crippen LogP contribution in [0.1, 0.15) is 11.3 Å². The van der Waals surface area contributed by atoms with Crippen LogP contribution in [0.15, 0.2) is 48.5 Å². The van der Waals surface area contributed by atoms with Crippen molar-refractivity contribution in [2.24, 2.45) is 0 Å². The fraction of sp³-hybridized carbons (Fsp3) is 0.211. The fourth-order valence-corrected chi connectivity index (χ4v) is 3.32. The van der Waals surface area contributed by atoms with Gasteiger partial charge in [-0.05, 0) is 49.2 Å². The lowest BCUT2D eigenvalue weighted by atomic mass is 10.1. The molecule has 0 saturated carbocycles. The molecule has 0 unspecified atom stereocenters. The van der Waals surface area contributed by atoms with Gasteiger partial charge in [0.1, 0.15) is 5.75 Å². The second-order valence-corrected chi connectivity index (χ2v) is 5.64. The quantitative estimate of drug-likeness (QED) is 0.705. The number of fused-ring (bicyclic) bond motifs is 3. The molecule has 0 bridgehead atoms. The van der Waals surface area contributed by atoms with Gasteiger partial charge in [0.25, 0.3) is 0 Å². The van der Waals surface area contributed by atoms with E-state index in [-0.39, 0.29) is 0 Å². The summed E-state index contributed by atoms with van der Waals surface area (Å²) in [7, 11) is 1.70. The zero-order valence-electron chi connectivity index (χ0n) is 12.8. The van der Waals surface area contributed by atoms with E-state index in [1.807, 2.05) is 18.2 Å². The summed E-state index contributed by atoms with van der Waals surface area (Å²) in [6.45, 7) is 3.11. The van der Waals surface area contributed by atoms with Gasteiger partial charge in [0.15, 0.2) is 0 Å². The van der Waals surface area contributed by atoms with Crippen LogP contribution in [0.2, 0.25) is 0 Å². The summed E-state index contributed by atoms with van der Waals surface area (Å²) < 4.78 is 5.26. The average molecular weight is 290 g/mol. The number of pyridine rings is 1. The Labute approximate surface area is 130 Å². The molecule has 2 aromatic carbocycles. The smallest absolute Gasteiger partial charge is 0.119 e. The van der Waals surface area contributed by atoms with Gasteiger partial charge in [-0.1, -0.05) is 18.2 Å². The molecule has 0 saturated heterocycles. The number of ether oxygens (including phenoxy) is 1. The van der Waals surface area contributed by atoms with E-state index in [1.165, 1.54) is 22.3 Å². The van der Waals surface area contributed by atoms with Gasteiger partial charge >= 0.3 is 0 Å². The van der Waals surface area contributed by atoms with Crippen LogP contribution >= 0.6 is 0 Å². The Balaban J connectivity index is 1.90. The maximum Gasteiger partial charge on any atom is 0.119 e. The van der Waals surface area contributed by atoms with Gasteiger partial charge in [0, 0.05) is 23.3 Å². The molecule has 3 heteroatoms. The first-order valence-electron chi connectivity index (χ1n) is 7.58. The van der Waals surface area contributed by atoms with Crippen molar-refractivity contribution in [2.45, 2.75) is 13.3 Å². The molecule has 0 aliphatic carbocycles. The minimum absolute atomic E-state index is 0.888. The molecule has 0 N–H and O–H groups in total. The largest absolute Gasteiger partial charge is 0.497 e. The summed E-state index contributed by atoms with van der Waals surface area (Å²) >= 11 is 0. The monoisotopic (exact) mass is 290 g/mol. The van der Waals surface area contributed by atoms with Crippen molar-refractivity contribution in [1.82, 2.24) is 4.98 Å². The maximum absolute atomic E-state index is 5.26. The summed E-state index contributed by atoms with van der Waals surface area (Å²) in [5.74, 6) is 0.888. The molecule has 0 amide bonds. The molecule has 4 rings (SSSR count). The van der Waals surface area contributed by atoms with Crippen molar-refractivity contribution in [3.05, 3.63) is 59.8 Å². The van der Waals surface area contributed by atoms with Gasteiger partial charge < -0.3 is 9.64 Å². The number of hydrogen-bond acceptors (Lipinski definition) is 3. The van der Waals surface area contributed by atoms with Gasteiger partial charge in [0.05, 0.1) is 18.3 Å². The standard InChI is InChI=1S/C19H18N2O/c1-13-16-11-12-21(14-7-9-15(22-2)10-8-14)19(16)17-5-3-4-6-18(17)20-13/h3-10H,11-12H2,1-2H3. The van der Waals surface area contributed by atoms with Gasteiger partial charge in [-0.2, -0.15) is 0 Å². The first-order valence-corrected chi connectivity index (χ1v) is 7.58. The van der Waals surface area contributed by atoms with Crippen molar-refractivity contribution in [2.75, 3.05) is 18.6 Å². The summed E-state index contributed by atoms with van der Waals surface area (Å²) in [6.07, 6.45) is 1.05. The Hall–Kier alpha value is -2.55.